The highest BCUT2D eigenvalue weighted by Crippen LogP contribution is 2.19. The monoisotopic (exact) mass is 305 g/mol. The molecule has 0 aliphatic heterocycles. The van der Waals surface area contributed by atoms with Crippen molar-refractivity contribution in [3.63, 3.8) is 0 Å². The van der Waals surface area contributed by atoms with Crippen LogP contribution in [-0.2, 0) is 6.61 Å². The van der Waals surface area contributed by atoms with E-state index in [4.69, 9.17) is 10.00 Å². The number of hydrogen-bond acceptors (Lipinski definition) is 2. The average Bonchev–Trinajstić information content (AvgIpc) is 2.38. The minimum absolute atomic E-state index is 0.0327. The Morgan fingerprint density at radius 2 is 2.06 bits per heavy atom. The number of halogens is 2. The molecule has 0 unspecified atom stereocenters. The Balaban J connectivity index is 2.09. The molecule has 2 rings (SSSR count). The Morgan fingerprint density at radius 1 is 1.22 bits per heavy atom. The number of hydrogen-bond donors (Lipinski definition) is 0. The minimum atomic E-state index is -0.510. The van der Waals surface area contributed by atoms with Gasteiger partial charge in [-0.15, -0.1) is 0 Å². The van der Waals surface area contributed by atoms with Gasteiger partial charge in [0, 0.05) is 4.47 Å². The summed E-state index contributed by atoms with van der Waals surface area (Å²) in [5.41, 5.74) is 0.790. The van der Waals surface area contributed by atoms with Crippen LogP contribution in [0.15, 0.2) is 46.9 Å². The van der Waals surface area contributed by atoms with E-state index in [1.165, 1.54) is 12.1 Å². The molecular formula is C14H9BrFNO. The lowest BCUT2D eigenvalue weighted by Crippen LogP contribution is -1.97. The number of nitriles is 1. The van der Waals surface area contributed by atoms with Crippen LogP contribution < -0.4 is 4.74 Å². The third-order valence-electron chi connectivity index (χ3n) is 2.35. The summed E-state index contributed by atoms with van der Waals surface area (Å²) in [7, 11) is 0. The van der Waals surface area contributed by atoms with Gasteiger partial charge in [-0.1, -0.05) is 28.1 Å². The van der Waals surface area contributed by atoms with Crippen LogP contribution in [0.2, 0.25) is 0 Å². The van der Waals surface area contributed by atoms with E-state index >= 15 is 0 Å². The van der Waals surface area contributed by atoms with Crippen LogP contribution in [0.1, 0.15) is 11.1 Å². The standard InChI is InChI=1S/C14H9BrFNO/c15-12-2-1-3-13(7-12)18-9-10-4-5-14(16)11(6-10)8-17/h1-7H,9H2. The zero-order chi connectivity index (χ0) is 13.0. The van der Waals surface area contributed by atoms with E-state index in [2.05, 4.69) is 15.9 Å². The van der Waals surface area contributed by atoms with Gasteiger partial charge in [0.1, 0.15) is 24.2 Å². The molecule has 0 atom stereocenters. The first-order valence-corrected chi connectivity index (χ1v) is 6.05. The lowest BCUT2D eigenvalue weighted by Gasteiger charge is -2.07. The van der Waals surface area contributed by atoms with Gasteiger partial charge >= 0.3 is 0 Å². The van der Waals surface area contributed by atoms with E-state index in [0.717, 1.165) is 10.0 Å². The lowest BCUT2D eigenvalue weighted by molar-refractivity contribution is 0.306. The van der Waals surface area contributed by atoms with Crippen LogP contribution in [0.4, 0.5) is 4.39 Å². The van der Waals surface area contributed by atoms with E-state index in [1.807, 2.05) is 24.3 Å². The minimum Gasteiger partial charge on any atom is -0.489 e. The maximum Gasteiger partial charge on any atom is 0.140 e. The average molecular weight is 306 g/mol. The van der Waals surface area contributed by atoms with Crippen LogP contribution in [0.25, 0.3) is 0 Å². The molecule has 0 saturated heterocycles. The molecule has 0 bridgehead atoms. The Morgan fingerprint density at radius 3 is 2.78 bits per heavy atom. The van der Waals surface area contributed by atoms with Crippen LogP contribution in [0.3, 0.4) is 0 Å². The largest absolute Gasteiger partial charge is 0.489 e. The molecule has 0 aliphatic carbocycles. The molecule has 0 heterocycles. The van der Waals surface area contributed by atoms with Crippen molar-refractivity contribution in [1.82, 2.24) is 0 Å². The fourth-order valence-corrected chi connectivity index (χ4v) is 1.85. The molecule has 0 aliphatic rings. The highest BCUT2D eigenvalue weighted by Gasteiger charge is 2.03. The van der Waals surface area contributed by atoms with Crippen molar-refractivity contribution in [2.75, 3.05) is 0 Å². The van der Waals surface area contributed by atoms with Gasteiger partial charge < -0.3 is 4.74 Å². The van der Waals surface area contributed by atoms with Gasteiger partial charge in [-0.3, -0.25) is 0 Å². The zero-order valence-electron chi connectivity index (χ0n) is 9.36. The predicted octanol–water partition coefficient (Wildman–Crippen LogP) is 4.04. The lowest BCUT2D eigenvalue weighted by atomic mass is 10.1. The number of rotatable bonds is 3. The van der Waals surface area contributed by atoms with Crippen LogP contribution in [-0.4, -0.2) is 0 Å². The quantitative estimate of drug-likeness (QED) is 0.857. The van der Waals surface area contributed by atoms with Crippen molar-refractivity contribution in [3.8, 4) is 11.8 Å². The summed E-state index contributed by atoms with van der Waals surface area (Å²) in [5.74, 6) is 0.205. The topological polar surface area (TPSA) is 33.0 Å². The summed E-state index contributed by atoms with van der Waals surface area (Å²) in [6.07, 6.45) is 0. The van der Waals surface area contributed by atoms with Crippen molar-refractivity contribution in [1.29, 1.82) is 5.26 Å². The first-order valence-electron chi connectivity index (χ1n) is 5.26. The fourth-order valence-electron chi connectivity index (χ4n) is 1.47. The van der Waals surface area contributed by atoms with Crippen molar-refractivity contribution in [3.05, 3.63) is 63.9 Å². The van der Waals surface area contributed by atoms with Crippen molar-refractivity contribution in [2.45, 2.75) is 6.61 Å². The molecule has 2 nitrogen and oxygen atoms in total. The van der Waals surface area contributed by atoms with Crippen molar-refractivity contribution in [2.24, 2.45) is 0 Å². The van der Waals surface area contributed by atoms with Gasteiger partial charge in [0.2, 0.25) is 0 Å². The van der Waals surface area contributed by atoms with Gasteiger partial charge in [-0.2, -0.15) is 5.26 Å². The summed E-state index contributed by atoms with van der Waals surface area (Å²) >= 11 is 3.35. The molecule has 0 amide bonds. The summed E-state index contributed by atoms with van der Waals surface area (Å²) in [5, 5.41) is 8.73. The van der Waals surface area contributed by atoms with Gasteiger partial charge in [-0.05, 0) is 35.9 Å². The van der Waals surface area contributed by atoms with Gasteiger partial charge in [-0.25, -0.2) is 4.39 Å². The highest BCUT2D eigenvalue weighted by atomic mass is 79.9. The summed E-state index contributed by atoms with van der Waals surface area (Å²) in [6, 6.07) is 13.6. The zero-order valence-corrected chi connectivity index (χ0v) is 10.9. The summed E-state index contributed by atoms with van der Waals surface area (Å²) < 4.78 is 19.6. The number of nitrogens with zero attached hydrogens (tertiary/aromatic N) is 1. The second-order valence-electron chi connectivity index (χ2n) is 3.67. The van der Waals surface area contributed by atoms with Gasteiger partial charge in [0.25, 0.3) is 0 Å². The first kappa shape index (κ1) is 12.6. The molecule has 0 spiro atoms. The van der Waals surface area contributed by atoms with Crippen LogP contribution >= 0.6 is 15.9 Å². The second kappa shape index (κ2) is 5.65. The Labute approximate surface area is 113 Å². The number of benzene rings is 2. The van der Waals surface area contributed by atoms with E-state index in [0.29, 0.717) is 12.4 Å². The molecule has 2 aromatic carbocycles. The summed E-state index contributed by atoms with van der Waals surface area (Å²) in [6.45, 7) is 0.297. The molecule has 0 aromatic heterocycles. The Bertz CT molecular complexity index is 607. The van der Waals surface area contributed by atoms with Crippen LogP contribution in [0, 0.1) is 17.1 Å². The fraction of sp³-hybridized carbons (Fsp3) is 0.0714. The Kier molecular flexibility index (Phi) is 3.96. The molecule has 18 heavy (non-hydrogen) atoms. The maximum atomic E-state index is 13.1. The highest BCUT2D eigenvalue weighted by molar-refractivity contribution is 9.10. The SMILES string of the molecule is N#Cc1cc(COc2cccc(Br)c2)ccc1F. The second-order valence-corrected chi connectivity index (χ2v) is 4.59. The summed E-state index contributed by atoms with van der Waals surface area (Å²) in [4.78, 5) is 0. The number of ether oxygens (including phenoxy) is 1. The van der Waals surface area contributed by atoms with E-state index in [1.54, 1.807) is 12.1 Å². The first-order chi connectivity index (χ1) is 8.69. The van der Waals surface area contributed by atoms with Crippen molar-refractivity contribution < 1.29 is 9.13 Å². The van der Waals surface area contributed by atoms with E-state index < -0.39 is 5.82 Å². The third kappa shape index (κ3) is 3.08. The van der Waals surface area contributed by atoms with Gasteiger partial charge in [0.15, 0.2) is 0 Å². The molecule has 0 saturated carbocycles. The van der Waals surface area contributed by atoms with E-state index in [9.17, 15) is 4.39 Å². The molecular weight excluding hydrogens is 297 g/mol. The van der Waals surface area contributed by atoms with Crippen molar-refractivity contribution >= 4 is 15.9 Å². The normalized spacial score (nSPS) is 9.83. The molecule has 2 aromatic rings. The molecule has 4 heteroatoms. The Hall–Kier alpha value is -1.86. The molecule has 0 fully saturated rings. The maximum absolute atomic E-state index is 13.1. The third-order valence-corrected chi connectivity index (χ3v) is 2.85. The van der Waals surface area contributed by atoms with Crippen LogP contribution in [0.5, 0.6) is 5.75 Å². The smallest absolute Gasteiger partial charge is 0.140 e. The van der Waals surface area contributed by atoms with Gasteiger partial charge in [0.05, 0.1) is 5.56 Å². The predicted molar refractivity (Wildman–Crippen MR) is 69.6 cm³/mol. The molecule has 0 N–H and O–H groups in total. The molecule has 0 radical (unpaired) electrons. The molecule has 90 valence electrons. The van der Waals surface area contributed by atoms with E-state index in [-0.39, 0.29) is 5.56 Å².